The molecule has 0 radical (unpaired) electrons. The van der Waals surface area contributed by atoms with Crippen molar-refractivity contribution in [2.45, 2.75) is 30.6 Å². The fraction of sp³-hybridized carbons (Fsp3) is 0.375. The Bertz CT molecular complexity index is 674. The molecule has 1 saturated carbocycles. The van der Waals surface area contributed by atoms with Gasteiger partial charge in [-0.1, -0.05) is 6.07 Å². The normalized spacial score (nSPS) is 21.6. The molecule has 1 aliphatic carbocycles. The molecule has 2 N–H and O–H groups in total. The number of nitrogens with zero attached hydrogens (tertiary/aromatic N) is 1. The minimum absolute atomic E-state index is 0.301. The first kappa shape index (κ1) is 14.2. The zero-order valence-electron chi connectivity index (χ0n) is 11.9. The summed E-state index contributed by atoms with van der Waals surface area (Å²) in [7, 11) is 0. The highest BCUT2D eigenvalue weighted by Crippen LogP contribution is 2.30. The standard InChI is InChI=1S/C16H18N2O2S/c1-21-11-6-5-10(9-11)17-15-8-7-12-13(16(19)20)3-2-4-14(12)18-15/h2-4,7-8,10-11H,5-6,9H2,1H3,(H,17,18)(H,19,20). The molecule has 1 fully saturated rings. The second-order valence-electron chi connectivity index (χ2n) is 5.39. The van der Waals surface area contributed by atoms with Crippen LogP contribution in [-0.2, 0) is 0 Å². The minimum atomic E-state index is -0.915. The Balaban J connectivity index is 1.83. The van der Waals surface area contributed by atoms with Crippen LogP contribution in [0.3, 0.4) is 0 Å². The third-order valence-electron chi connectivity index (χ3n) is 4.03. The summed E-state index contributed by atoms with van der Waals surface area (Å²) in [6, 6.07) is 9.39. The van der Waals surface area contributed by atoms with Crippen molar-refractivity contribution in [1.29, 1.82) is 0 Å². The van der Waals surface area contributed by atoms with Gasteiger partial charge in [0.15, 0.2) is 0 Å². The van der Waals surface area contributed by atoms with Crippen LogP contribution in [0.4, 0.5) is 5.82 Å². The van der Waals surface area contributed by atoms with Crippen LogP contribution in [0.1, 0.15) is 29.6 Å². The lowest BCUT2D eigenvalue weighted by Crippen LogP contribution is -2.16. The maximum absolute atomic E-state index is 11.2. The van der Waals surface area contributed by atoms with Gasteiger partial charge in [0.05, 0.1) is 11.1 Å². The van der Waals surface area contributed by atoms with E-state index < -0.39 is 5.97 Å². The maximum atomic E-state index is 11.2. The second-order valence-corrected chi connectivity index (χ2v) is 6.52. The molecule has 3 rings (SSSR count). The lowest BCUT2D eigenvalue weighted by molar-refractivity contribution is 0.0699. The Morgan fingerprint density at radius 3 is 2.90 bits per heavy atom. The van der Waals surface area contributed by atoms with E-state index in [-0.39, 0.29) is 0 Å². The van der Waals surface area contributed by atoms with Crippen molar-refractivity contribution < 1.29 is 9.90 Å². The van der Waals surface area contributed by atoms with Gasteiger partial charge in [-0.3, -0.25) is 0 Å². The fourth-order valence-electron chi connectivity index (χ4n) is 2.92. The molecule has 0 amide bonds. The van der Waals surface area contributed by atoms with Gasteiger partial charge in [0, 0.05) is 16.7 Å². The van der Waals surface area contributed by atoms with E-state index in [1.807, 2.05) is 30.0 Å². The molecule has 0 spiro atoms. The molecule has 1 aliphatic rings. The monoisotopic (exact) mass is 302 g/mol. The Hall–Kier alpha value is -1.75. The average Bonchev–Trinajstić information content (AvgIpc) is 2.94. The number of benzene rings is 1. The number of rotatable bonds is 4. The van der Waals surface area contributed by atoms with Gasteiger partial charge in [0.25, 0.3) is 0 Å². The maximum Gasteiger partial charge on any atom is 0.336 e. The number of hydrogen-bond acceptors (Lipinski definition) is 4. The molecule has 0 aliphatic heterocycles. The van der Waals surface area contributed by atoms with Gasteiger partial charge in [-0.25, -0.2) is 9.78 Å². The van der Waals surface area contributed by atoms with E-state index in [1.165, 1.54) is 12.8 Å². The number of aromatic carboxylic acids is 1. The van der Waals surface area contributed by atoms with E-state index in [0.717, 1.165) is 23.0 Å². The first-order valence-corrected chi connectivity index (χ1v) is 8.38. The minimum Gasteiger partial charge on any atom is -0.478 e. The van der Waals surface area contributed by atoms with Crippen LogP contribution in [0.25, 0.3) is 10.9 Å². The van der Waals surface area contributed by atoms with Crippen molar-refractivity contribution in [2.75, 3.05) is 11.6 Å². The van der Waals surface area contributed by atoms with Gasteiger partial charge >= 0.3 is 5.97 Å². The summed E-state index contributed by atoms with van der Waals surface area (Å²) in [6.45, 7) is 0. The molecule has 5 heteroatoms. The zero-order valence-corrected chi connectivity index (χ0v) is 12.7. The number of fused-ring (bicyclic) bond motifs is 1. The Kier molecular flexibility index (Phi) is 4.01. The van der Waals surface area contributed by atoms with Gasteiger partial charge in [0.1, 0.15) is 5.82 Å². The van der Waals surface area contributed by atoms with Crippen LogP contribution in [0.5, 0.6) is 0 Å². The predicted molar refractivity (Wildman–Crippen MR) is 87.3 cm³/mol. The third-order valence-corrected chi connectivity index (χ3v) is 5.13. The highest BCUT2D eigenvalue weighted by molar-refractivity contribution is 7.99. The van der Waals surface area contributed by atoms with Crippen LogP contribution in [-0.4, -0.2) is 33.6 Å². The summed E-state index contributed by atoms with van der Waals surface area (Å²) in [5, 5.41) is 14.1. The number of nitrogens with one attached hydrogen (secondary N) is 1. The number of hydrogen-bond donors (Lipinski definition) is 2. The number of carboxylic acid groups (broad SMARTS) is 1. The highest BCUT2D eigenvalue weighted by Gasteiger charge is 2.24. The molecule has 2 atom stereocenters. The summed E-state index contributed by atoms with van der Waals surface area (Å²) in [5.74, 6) is -0.0847. The van der Waals surface area contributed by atoms with Crippen molar-refractivity contribution in [3.05, 3.63) is 35.9 Å². The van der Waals surface area contributed by atoms with Gasteiger partial charge in [-0.2, -0.15) is 11.8 Å². The first-order chi connectivity index (χ1) is 10.2. The predicted octanol–water partition coefficient (Wildman–Crippen LogP) is 3.63. The van der Waals surface area contributed by atoms with E-state index in [1.54, 1.807) is 12.1 Å². The summed E-state index contributed by atoms with van der Waals surface area (Å²) in [4.78, 5) is 15.8. The van der Waals surface area contributed by atoms with Crippen molar-refractivity contribution in [1.82, 2.24) is 4.98 Å². The van der Waals surface area contributed by atoms with Crippen LogP contribution in [0, 0.1) is 0 Å². The molecule has 2 aromatic rings. The van der Waals surface area contributed by atoms with E-state index >= 15 is 0 Å². The van der Waals surface area contributed by atoms with Crippen LogP contribution >= 0.6 is 11.8 Å². The number of thioether (sulfide) groups is 1. The van der Waals surface area contributed by atoms with Crippen LogP contribution in [0.15, 0.2) is 30.3 Å². The molecule has 1 heterocycles. The summed E-state index contributed by atoms with van der Waals surface area (Å²) >= 11 is 1.93. The van der Waals surface area contributed by atoms with E-state index in [2.05, 4.69) is 16.6 Å². The number of pyridine rings is 1. The van der Waals surface area contributed by atoms with Gasteiger partial charge in [-0.05, 0) is 49.8 Å². The van der Waals surface area contributed by atoms with Crippen molar-refractivity contribution in [3.63, 3.8) is 0 Å². The van der Waals surface area contributed by atoms with Gasteiger partial charge in [0.2, 0.25) is 0 Å². The molecule has 1 aromatic carbocycles. The van der Waals surface area contributed by atoms with Gasteiger partial charge < -0.3 is 10.4 Å². The summed E-state index contributed by atoms with van der Waals surface area (Å²) < 4.78 is 0. The summed E-state index contributed by atoms with van der Waals surface area (Å²) in [5.41, 5.74) is 1.02. The van der Waals surface area contributed by atoms with Crippen LogP contribution < -0.4 is 5.32 Å². The summed E-state index contributed by atoms with van der Waals surface area (Å²) in [6.07, 6.45) is 5.74. The number of aromatic nitrogens is 1. The topological polar surface area (TPSA) is 62.2 Å². The molecule has 4 nitrogen and oxygen atoms in total. The van der Waals surface area contributed by atoms with Crippen molar-refractivity contribution in [3.8, 4) is 0 Å². The first-order valence-electron chi connectivity index (χ1n) is 7.10. The Morgan fingerprint density at radius 1 is 1.33 bits per heavy atom. The lowest BCUT2D eigenvalue weighted by Gasteiger charge is -2.14. The lowest BCUT2D eigenvalue weighted by atomic mass is 10.1. The van der Waals surface area contributed by atoms with Crippen molar-refractivity contribution >= 4 is 34.5 Å². The number of anilines is 1. The highest BCUT2D eigenvalue weighted by atomic mass is 32.2. The number of carbonyl (C=O) groups is 1. The smallest absolute Gasteiger partial charge is 0.336 e. The van der Waals surface area contributed by atoms with Gasteiger partial charge in [-0.15, -0.1) is 0 Å². The van der Waals surface area contributed by atoms with E-state index in [9.17, 15) is 9.90 Å². The molecular weight excluding hydrogens is 284 g/mol. The molecule has 0 saturated heterocycles. The van der Waals surface area contributed by atoms with E-state index in [4.69, 9.17) is 0 Å². The molecule has 2 unspecified atom stereocenters. The SMILES string of the molecule is CSC1CCC(Nc2ccc3c(C(=O)O)cccc3n2)C1. The molecular formula is C16H18N2O2S. The molecule has 21 heavy (non-hydrogen) atoms. The van der Waals surface area contributed by atoms with Crippen molar-refractivity contribution in [2.24, 2.45) is 0 Å². The quantitative estimate of drug-likeness (QED) is 0.903. The zero-order chi connectivity index (χ0) is 14.8. The third kappa shape index (κ3) is 2.97. The van der Waals surface area contributed by atoms with Crippen LogP contribution in [0.2, 0.25) is 0 Å². The second kappa shape index (κ2) is 5.93. The van der Waals surface area contributed by atoms with E-state index in [0.29, 0.717) is 17.0 Å². The Morgan fingerprint density at radius 2 is 2.19 bits per heavy atom. The molecule has 110 valence electrons. The largest absolute Gasteiger partial charge is 0.478 e. The fourth-order valence-corrected chi connectivity index (χ4v) is 3.71. The molecule has 0 bridgehead atoms. The Labute approximate surface area is 128 Å². The average molecular weight is 302 g/mol. The number of carboxylic acids is 1. The molecule has 1 aromatic heterocycles.